The highest BCUT2D eigenvalue weighted by atomic mass is 79.9. The van der Waals surface area contributed by atoms with Gasteiger partial charge in [0.25, 0.3) is 0 Å². The lowest BCUT2D eigenvalue weighted by molar-refractivity contribution is 0.359. The summed E-state index contributed by atoms with van der Waals surface area (Å²) in [5.74, 6) is 1.83. The molecule has 0 aliphatic rings. The Bertz CT molecular complexity index is 509. The van der Waals surface area contributed by atoms with Crippen molar-refractivity contribution in [2.45, 2.75) is 32.7 Å². The van der Waals surface area contributed by atoms with Gasteiger partial charge in [-0.1, -0.05) is 19.0 Å². The van der Waals surface area contributed by atoms with Crippen LogP contribution in [-0.4, -0.2) is 16.2 Å². The summed E-state index contributed by atoms with van der Waals surface area (Å²) in [6.45, 7) is 4.31. The van der Waals surface area contributed by atoms with Crippen LogP contribution in [0.1, 0.15) is 26.2 Å². The Morgan fingerprint density at radius 3 is 2.83 bits per heavy atom. The van der Waals surface area contributed by atoms with Crippen molar-refractivity contribution in [2.75, 3.05) is 0 Å². The third-order valence-corrected chi connectivity index (χ3v) is 4.09. The number of thiophene rings is 1. The predicted octanol–water partition coefficient (Wildman–Crippen LogP) is 3.48. The van der Waals surface area contributed by atoms with Gasteiger partial charge in [0.05, 0.1) is 8.66 Å². The van der Waals surface area contributed by atoms with Crippen molar-refractivity contribution in [3.8, 4) is 10.7 Å². The summed E-state index contributed by atoms with van der Waals surface area (Å²) in [7, 11) is 0. The van der Waals surface area contributed by atoms with E-state index >= 15 is 0 Å². The van der Waals surface area contributed by atoms with E-state index in [2.05, 4.69) is 39.9 Å². The van der Waals surface area contributed by atoms with E-state index in [1.54, 1.807) is 11.3 Å². The number of hydrogen-bond acceptors (Lipinski definition) is 5. The summed E-state index contributed by atoms with van der Waals surface area (Å²) in [4.78, 5) is 5.37. The molecule has 0 aliphatic carbocycles. The molecular weight excluding hydrogens is 314 g/mol. The molecule has 18 heavy (non-hydrogen) atoms. The first-order chi connectivity index (χ1) is 8.54. The second kappa shape index (κ2) is 5.95. The standard InChI is InChI=1S/C12H16BrN3OS/c1-7(2)5-8(14)6-11-15-12(16-17-11)9-3-4-10(13)18-9/h3-4,7-8H,5-6,14H2,1-2H3. The second-order valence-electron chi connectivity index (χ2n) is 4.71. The molecule has 0 fully saturated rings. The summed E-state index contributed by atoms with van der Waals surface area (Å²) >= 11 is 5.00. The molecule has 98 valence electrons. The Hall–Kier alpha value is -0.720. The van der Waals surface area contributed by atoms with Crippen molar-refractivity contribution in [3.05, 3.63) is 21.8 Å². The summed E-state index contributed by atoms with van der Waals surface area (Å²) in [5.41, 5.74) is 6.03. The van der Waals surface area contributed by atoms with Crippen LogP contribution < -0.4 is 5.73 Å². The Morgan fingerprint density at radius 2 is 2.22 bits per heavy atom. The van der Waals surface area contributed by atoms with Crippen LogP contribution in [0.2, 0.25) is 0 Å². The van der Waals surface area contributed by atoms with E-state index in [0.717, 1.165) is 15.1 Å². The maximum Gasteiger partial charge on any atom is 0.228 e. The van der Waals surface area contributed by atoms with Gasteiger partial charge in [0.1, 0.15) is 0 Å². The molecular formula is C12H16BrN3OS. The zero-order chi connectivity index (χ0) is 13.1. The molecule has 0 aliphatic heterocycles. The summed E-state index contributed by atoms with van der Waals surface area (Å²) < 4.78 is 6.29. The fourth-order valence-corrected chi connectivity index (χ4v) is 3.10. The van der Waals surface area contributed by atoms with E-state index in [-0.39, 0.29) is 6.04 Å². The highest BCUT2D eigenvalue weighted by Gasteiger charge is 2.14. The Balaban J connectivity index is 2.02. The molecule has 0 amide bonds. The third kappa shape index (κ3) is 3.63. The normalized spacial score (nSPS) is 13.2. The molecule has 1 unspecified atom stereocenters. The van der Waals surface area contributed by atoms with Crippen LogP contribution in [0.15, 0.2) is 20.4 Å². The van der Waals surface area contributed by atoms with Gasteiger partial charge in [-0.15, -0.1) is 11.3 Å². The van der Waals surface area contributed by atoms with Crippen molar-refractivity contribution >= 4 is 27.3 Å². The lowest BCUT2D eigenvalue weighted by Gasteiger charge is -2.10. The quantitative estimate of drug-likeness (QED) is 0.911. The van der Waals surface area contributed by atoms with Gasteiger partial charge in [-0.2, -0.15) is 4.98 Å². The van der Waals surface area contributed by atoms with Gasteiger partial charge in [0.2, 0.25) is 11.7 Å². The van der Waals surface area contributed by atoms with Crippen LogP contribution in [0, 0.1) is 5.92 Å². The van der Waals surface area contributed by atoms with E-state index in [0.29, 0.717) is 24.1 Å². The molecule has 0 saturated carbocycles. The number of hydrogen-bond donors (Lipinski definition) is 1. The largest absolute Gasteiger partial charge is 0.339 e. The molecule has 2 rings (SSSR count). The first kappa shape index (κ1) is 13.7. The average Bonchev–Trinajstić information content (AvgIpc) is 2.85. The summed E-state index contributed by atoms with van der Waals surface area (Å²) in [6, 6.07) is 4.02. The van der Waals surface area contributed by atoms with Crippen molar-refractivity contribution < 1.29 is 4.52 Å². The van der Waals surface area contributed by atoms with Crippen molar-refractivity contribution in [3.63, 3.8) is 0 Å². The minimum atomic E-state index is 0.0772. The molecule has 2 aromatic heterocycles. The SMILES string of the molecule is CC(C)CC(N)Cc1nc(-c2ccc(Br)s2)no1. The fourth-order valence-electron chi connectivity index (χ4n) is 1.79. The van der Waals surface area contributed by atoms with Crippen LogP contribution in [-0.2, 0) is 6.42 Å². The van der Waals surface area contributed by atoms with Crippen LogP contribution in [0.4, 0.5) is 0 Å². The lowest BCUT2D eigenvalue weighted by atomic mass is 10.0. The predicted molar refractivity (Wildman–Crippen MR) is 76.4 cm³/mol. The number of rotatable bonds is 5. The minimum absolute atomic E-state index is 0.0772. The van der Waals surface area contributed by atoms with E-state index in [1.807, 2.05) is 12.1 Å². The number of nitrogens with two attached hydrogens (primary N) is 1. The molecule has 6 heteroatoms. The molecule has 0 spiro atoms. The van der Waals surface area contributed by atoms with Gasteiger partial charge >= 0.3 is 0 Å². The molecule has 0 radical (unpaired) electrons. The maximum absolute atomic E-state index is 6.03. The van der Waals surface area contributed by atoms with Gasteiger partial charge in [-0.3, -0.25) is 0 Å². The molecule has 2 N–H and O–H groups in total. The Morgan fingerprint density at radius 1 is 1.44 bits per heavy atom. The highest BCUT2D eigenvalue weighted by Crippen LogP contribution is 2.29. The molecule has 0 saturated heterocycles. The van der Waals surface area contributed by atoms with E-state index < -0.39 is 0 Å². The smallest absolute Gasteiger partial charge is 0.228 e. The van der Waals surface area contributed by atoms with E-state index in [1.165, 1.54) is 0 Å². The monoisotopic (exact) mass is 329 g/mol. The van der Waals surface area contributed by atoms with Crippen LogP contribution in [0.25, 0.3) is 10.7 Å². The summed E-state index contributed by atoms with van der Waals surface area (Å²) in [6.07, 6.45) is 1.60. The van der Waals surface area contributed by atoms with Crippen LogP contribution in [0.3, 0.4) is 0 Å². The number of nitrogens with zero attached hydrogens (tertiary/aromatic N) is 2. The molecule has 2 aromatic rings. The molecule has 4 nitrogen and oxygen atoms in total. The fraction of sp³-hybridized carbons (Fsp3) is 0.500. The molecule has 2 heterocycles. The number of aromatic nitrogens is 2. The highest BCUT2D eigenvalue weighted by molar-refractivity contribution is 9.11. The lowest BCUT2D eigenvalue weighted by Crippen LogP contribution is -2.24. The summed E-state index contributed by atoms with van der Waals surface area (Å²) in [5, 5.41) is 3.98. The van der Waals surface area contributed by atoms with Crippen LogP contribution in [0.5, 0.6) is 0 Å². The van der Waals surface area contributed by atoms with Gasteiger partial charge in [0.15, 0.2) is 0 Å². The average molecular weight is 330 g/mol. The van der Waals surface area contributed by atoms with E-state index in [4.69, 9.17) is 10.3 Å². The molecule has 0 aromatic carbocycles. The first-order valence-corrected chi connectivity index (χ1v) is 7.49. The first-order valence-electron chi connectivity index (χ1n) is 5.88. The Labute approximate surface area is 119 Å². The Kier molecular flexibility index (Phi) is 4.53. The molecule has 1 atom stereocenters. The van der Waals surface area contributed by atoms with Crippen molar-refractivity contribution in [2.24, 2.45) is 11.7 Å². The van der Waals surface area contributed by atoms with Crippen molar-refractivity contribution in [1.82, 2.24) is 10.1 Å². The van der Waals surface area contributed by atoms with Gasteiger partial charge < -0.3 is 10.3 Å². The van der Waals surface area contributed by atoms with Gasteiger partial charge in [0, 0.05) is 12.5 Å². The zero-order valence-corrected chi connectivity index (χ0v) is 12.8. The number of halogens is 1. The third-order valence-electron chi connectivity index (χ3n) is 2.47. The van der Waals surface area contributed by atoms with Gasteiger partial charge in [-0.05, 0) is 40.4 Å². The second-order valence-corrected chi connectivity index (χ2v) is 7.17. The van der Waals surface area contributed by atoms with Crippen LogP contribution >= 0.6 is 27.3 Å². The topological polar surface area (TPSA) is 64.9 Å². The van der Waals surface area contributed by atoms with Gasteiger partial charge in [-0.25, -0.2) is 0 Å². The maximum atomic E-state index is 6.03. The minimum Gasteiger partial charge on any atom is -0.339 e. The molecule has 0 bridgehead atoms. The zero-order valence-electron chi connectivity index (χ0n) is 10.4. The van der Waals surface area contributed by atoms with Crippen molar-refractivity contribution in [1.29, 1.82) is 0 Å². The van der Waals surface area contributed by atoms with E-state index in [9.17, 15) is 0 Å².